The Morgan fingerprint density at radius 3 is 2.29 bits per heavy atom. The largest absolute Gasteiger partial charge is 0.497 e. The topological polar surface area (TPSA) is 85.1 Å². The Morgan fingerprint density at radius 2 is 1.62 bits per heavy atom. The predicted molar refractivity (Wildman–Crippen MR) is 124 cm³/mol. The highest BCUT2D eigenvalue weighted by atomic mass is 19.1. The summed E-state index contributed by atoms with van der Waals surface area (Å²) in [5.41, 5.74) is 1.38. The van der Waals surface area contributed by atoms with E-state index in [-0.39, 0.29) is 11.7 Å². The van der Waals surface area contributed by atoms with Crippen LogP contribution in [0.25, 0.3) is 17.0 Å². The number of nitrogens with zero attached hydrogens (tertiary/aromatic N) is 6. The number of amides is 1. The summed E-state index contributed by atoms with van der Waals surface area (Å²) in [6, 6.07) is 15.2. The van der Waals surface area contributed by atoms with Crippen LogP contribution in [-0.4, -0.2) is 71.0 Å². The zero-order chi connectivity index (χ0) is 23.7. The summed E-state index contributed by atoms with van der Waals surface area (Å²) < 4.78 is 26.4. The molecule has 9 nitrogen and oxygen atoms in total. The van der Waals surface area contributed by atoms with Crippen molar-refractivity contribution in [3.63, 3.8) is 0 Å². The number of halogens is 1. The third-order valence-electron chi connectivity index (χ3n) is 5.85. The van der Waals surface area contributed by atoms with Crippen LogP contribution in [-0.2, 0) is 0 Å². The molecule has 1 amide bonds. The van der Waals surface area contributed by atoms with Crippen LogP contribution in [0, 0.1) is 5.82 Å². The van der Waals surface area contributed by atoms with Crippen molar-refractivity contribution in [2.75, 3.05) is 45.3 Å². The predicted octanol–water partition coefficient (Wildman–Crippen LogP) is 2.91. The van der Waals surface area contributed by atoms with E-state index in [1.807, 2.05) is 6.07 Å². The third-order valence-corrected chi connectivity index (χ3v) is 5.85. The smallest absolute Gasteiger partial charge is 0.254 e. The maximum absolute atomic E-state index is 14.3. The Bertz CT molecular complexity index is 1330. The van der Waals surface area contributed by atoms with Crippen LogP contribution < -0.4 is 14.4 Å². The second-order valence-electron chi connectivity index (χ2n) is 7.85. The van der Waals surface area contributed by atoms with Gasteiger partial charge in [0, 0.05) is 37.8 Å². The Morgan fingerprint density at radius 1 is 0.912 bits per heavy atom. The first-order chi connectivity index (χ1) is 16.6. The molecular formula is C24H23FN6O3. The lowest BCUT2D eigenvalue weighted by atomic mass is 10.1. The number of benzene rings is 2. The molecule has 0 atom stereocenters. The summed E-state index contributed by atoms with van der Waals surface area (Å²) >= 11 is 0. The molecule has 0 unspecified atom stereocenters. The van der Waals surface area contributed by atoms with Crippen molar-refractivity contribution >= 4 is 17.4 Å². The van der Waals surface area contributed by atoms with Crippen molar-refractivity contribution in [1.29, 1.82) is 0 Å². The van der Waals surface area contributed by atoms with Crippen LogP contribution in [0.15, 0.2) is 54.6 Å². The molecule has 0 spiro atoms. The number of carbonyl (C=O) groups excluding carboxylic acids is 1. The molecule has 2 aromatic heterocycles. The maximum Gasteiger partial charge on any atom is 0.254 e. The molecule has 0 N–H and O–H groups in total. The zero-order valence-corrected chi connectivity index (χ0v) is 18.8. The molecule has 0 bridgehead atoms. The standard InChI is InChI=1S/C24H23FN6O3/c1-33-17-13-16(14-18(15-17)34-2)24(32)30-11-9-29(10-12-30)22-8-7-21-26-27-23(31(21)28-22)19-5-3-4-6-20(19)25/h3-8,13-15H,9-12H2,1-2H3. The van der Waals surface area contributed by atoms with Crippen LogP contribution in [0.2, 0.25) is 0 Å². The minimum Gasteiger partial charge on any atom is -0.497 e. The van der Waals surface area contributed by atoms with E-state index in [0.29, 0.717) is 66.1 Å². The molecule has 5 rings (SSSR count). The summed E-state index contributed by atoms with van der Waals surface area (Å²) in [5, 5.41) is 12.9. The average Bonchev–Trinajstić information content (AvgIpc) is 3.31. The monoisotopic (exact) mass is 462 g/mol. The van der Waals surface area contributed by atoms with Gasteiger partial charge < -0.3 is 19.3 Å². The molecule has 1 aliphatic heterocycles. The van der Waals surface area contributed by atoms with Crippen LogP contribution in [0.1, 0.15) is 10.4 Å². The molecule has 1 aliphatic rings. The number of anilines is 1. The highest BCUT2D eigenvalue weighted by Crippen LogP contribution is 2.25. The number of fused-ring (bicyclic) bond motifs is 1. The Labute approximate surface area is 195 Å². The fourth-order valence-electron chi connectivity index (χ4n) is 4.01. The van der Waals surface area contributed by atoms with E-state index in [0.717, 1.165) is 0 Å². The molecule has 3 heterocycles. The van der Waals surface area contributed by atoms with Crippen LogP contribution in [0.5, 0.6) is 11.5 Å². The van der Waals surface area contributed by atoms with E-state index in [9.17, 15) is 9.18 Å². The van der Waals surface area contributed by atoms with Crippen molar-refractivity contribution < 1.29 is 18.7 Å². The van der Waals surface area contributed by atoms with E-state index in [2.05, 4.69) is 20.2 Å². The third kappa shape index (κ3) is 3.98. The second kappa shape index (κ2) is 8.97. The van der Waals surface area contributed by atoms with Crippen LogP contribution in [0.4, 0.5) is 10.2 Å². The summed E-state index contributed by atoms with van der Waals surface area (Å²) in [4.78, 5) is 17.0. The molecule has 34 heavy (non-hydrogen) atoms. The highest BCUT2D eigenvalue weighted by Gasteiger charge is 2.24. The molecule has 1 saturated heterocycles. The van der Waals surface area contributed by atoms with Crippen LogP contribution in [0.3, 0.4) is 0 Å². The van der Waals surface area contributed by atoms with Gasteiger partial charge >= 0.3 is 0 Å². The number of piperazine rings is 1. The molecule has 2 aromatic carbocycles. The minimum atomic E-state index is -0.384. The minimum absolute atomic E-state index is 0.0825. The zero-order valence-electron chi connectivity index (χ0n) is 18.8. The van der Waals surface area contributed by atoms with Crippen molar-refractivity contribution in [3.05, 3.63) is 66.0 Å². The van der Waals surface area contributed by atoms with E-state index < -0.39 is 0 Å². The first-order valence-electron chi connectivity index (χ1n) is 10.8. The van der Waals surface area contributed by atoms with Gasteiger partial charge in [-0.05, 0) is 36.4 Å². The average molecular weight is 462 g/mol. The number of carbonyl (C=O) groups is 1. The van der Waals surface area contributed by atoms with Crippen LogP contribution >= 0.6 is 0 Å². The van der Waals surface area contributed by atoms with Gasteiger partial charge in [0.25, 0.3) is 5.91 Å². The number of methoxy groups -OCH3 is 2. The van der Waals surface area contributed by atoms with Gasteiger partial charge in [0.05, 0.1) is 19.8 Å². The molecule has 1 fully saturated rings. The number of hydrogen-bond acceptors (Lipinski definition) is 7. The second-order valence-corrected chi connectivity index (χ2v) is 7.85. The first kappa shape index (κ1) is 21.6. The number of ether oxygens (including phenoxy) is 2. The lowest BCUT2D eigenvalue weighted by Gasteiger charge is -2.35. The first-order valence-corrected chi connectivity index (χ1v) is 10.8. The van der Waals surface area contributed by atoms with Crippen molar-refractivity contribution in [3.8, 4) is 22.9 Å². The van der Waals surface area contributed by atoms with Crippen molar-refractivity contribution in [2.24, 2.45) is 0 Å². The van der Waals surface area contributed by atoms with Gasteiger partial charge in [0.1, 0.15) is 23.1 Å². The lowest BCUT2D eigenvalue weighted by molar-refractivity contribution is 0.0745. The van der Waals surface area contributed by atoms with Gasteiger partial charge in [0.15, 0.2) is 11.5 Å². The molecular weight excluding hydrogens is 439 g/mol. The SMILES string of the molecule is COc1cc(OC)cc(C(=O)N2CCN(c3ccc4nnc(-c5ccccc5F)n4n3)CC2)c1. The van der Waals surface area contributed by atoms with Gasteiger partial charge in [-0.25, -0.2) is 4.39 Å². The molecule has 0 radical (unpaired) electrons. The van der Waals surface area contributed by atoms with E-state index in [1.54, 1.807) is 66.1 Å². The van der Waals surface area contributed by atoms with E-state index in [1.165, 1.54) is 6.07 Å². The van der Waals surface area contributed by atoms with E-state index >= 15 is 0 Å². The molecule has 0 aliphatic carbocycles. The number of hydrogen-bond donors (Lipinski definition) is 0. The number of rotatable bonds is 5. The van der Waals surface area contributed by atoms with Crippen molar-refractivity contribution in [1.82, 2.24) is 24.7 Å². The normalized spacial score (nSPS) is 13.9. The fourth-order valence-corrected chi connectivity index (χ4v) is 4.01. The van der Waals surface area contributed by atoms with Gasteiger partial charge in [-0.15, -0.1) is 15.3 Å². The fraction of sp³-hybridized carbons (Fsp3) is 0.250. The Balaban J connectivity index is 1.34. The number of aromatic nitrogens is 4. The molecule has 0 saturated carbocycles. The maximum atomic E-state index is 14.3. The molecule has 4 aromatic rings. The highest BCUT2D eigenvalue weighted by molar-refractivity contribution is 5.95. The lowest BCUT2D eigenvalue weighted by Crippen LogP contribution is -2.49. The summed E-state index contributed by atoms with van der Waals surface area (Å²) in [6.07, 6.45) is 0. The Hall–Kier alpha value is -4.21. The quantitative estimate of drug-likeness (QED) is 0.451. The van der Waals surface area contributed by atoms with Gasteiger partial charge in [-0.3, -0.25) is 4.79 Å². The molecule has 174 valence electrons. The Kier molecular flexibility index (Phi) is 5.70. The summed E-state index contributed by atoms with van der Waals surface area (Å²) in [6.45, 7) is 2.26. The van der Waals surface area contributed by atoms with E-state index in [4.69, 9.17) is 9.47 Å². The van der Waals surface area contributed by atoms with Gasteiger partial charge in [0.2, 0.25) is 0 Å². The molecule has 10 heteroatoms. The van der Waals surface area contributed by atoms with Gasteiger partial charge in [-0.1, -0.05) is 12.1 Å². The van der Waals surface area contributed by atoms with Crippen molar-refractivity contribution in [2.45, 2.75) is 0 Å². The summed E-state index contributed by atoms with van der Waals surface area (Å²) in [7, 11) is 3.11. The van der Waals surface area contributed by atoms with Gasteiger partial charge in [-0.2, -0.15) is 4.52 Å². The summed E-state index contributed by atoms with van der Waals surface area (Å²) in [5.74, 6) is 1.72.